The average molecular weight is 437 g/mol. The van der Waals surface area contributed by atoms with Crippen LogP contribution in [0.15, 0.2) is 36.5 Å². The van der Waals surface area contributed by atoms with Gasteiger partial charge in [-0.05, 0) is 47.9 Å². The highest BCUT2D eigenvalue weighted by molar-refractivity contribution is 5.91. The fourth-order valence-electron chi connectivity index (χ4n) is 4.63. The summed E-state index contributed by atoms with van der Waals surface area (Å²) in [6.07, 6.45) is 3.02. The summed E-state index contributed by atoms with van der Waals surface area (Å²) in [6, 6.07) is 9.96. The number of methoxy groups -OCH3 is 1. The van der Waals surface area contributed by atoms with E-state index >= 15 is 0 Å². The normalized spacial score (nSPS) is 20.4. The Kier molecular flexibility index (Phi) is 6.00. The van der Waals surface area contributed by atoms with Gasteiger partial charge in [-0.15, -0.1) is 10.2 Å². The van der Waals surface area contributed by atoms with Gasteiger partial charge >= 0.3 is 0 Å². The van der Waals surface area contributed by atoms with Crippen molar-refractivity contribution < 1.29 is 14.6 Å². The Hall–Kier alpha value is -3.04. The molecule has 2 aliphatic heterocycles. The molecular formula is C23H28N6O3. The fourth-order valence-corrected chi connectivity index (χ4v) is 4.63. The molecule has 0 amide bonds. The molecule has 9 heteroatoms. The van der Waals surface area contributed by atoms with Crippen molar-refractivity contribution in [1.82, 2.24) is 20.4 Å². The molecule has 0 spiro atoms. The maximum atomic E-state index is 11.0. The third kappa shape index (κ3) is 4.18. The number of ether oxygens (including phenoxy) is 2. The number of piperidine rings is 1. The van der Waals surface area contributed by atoms with Gasteiger partial charge in [0, 0.05) is 55.4 Å². The number of rotatable bonds is 5. The Morgan fingerprint density at radius 3 is 2.75 bits per heavy atom. The van der Waals surface area contributed by atoms with E-state index in [1.165, 1.54) is 0 Å². The van der Waals surface area contributed by atoms with Crippen LogP contribution in [-0.4, -0.2) is 72.0 Å². The van der Waals surface area contributed by atoms with Gasteiger partial charge in [-0.2, -0.15) is 0 Å². The van der Waals surface area contributed by atoms with E-state index in [0.29, 0.717) is 12.4 Å². The highest BCUT2D eigenvalue weighted by Crippen LogP contribution is 2.34. The van der Waals surface area contributed by atoms with Gasteiger partial charge in [0.25, 0.3) is 0 Å². The molecule has 2 aliphatic rings. The second-order valence-electron chi connectivity index (χ2n) is 8.34. The van der Waals surface area contributed by atoms with Gasteiger partial charge in [-0.1, -0.05) is 0 Å². The molecule has 2 fully saturated rings. The lowest BCUT2D eigenvalue weighted by atomic mass is 9.89. The first-order valence-electron chi connectivity index (χ1n) is 11.1. The number of hydrogen-bond donors (Lipinski definition) is 1. The zero-order chi connectivity index (χ0) is 21.9. The van der Waals surface area contributed by atoms with Crippen LogP contribution in [0, 0.1) is 5.92 Å². The Balaban J connectivity index is 1.36. The lowest BCUT2D eigenvalue weighted by Gasteiger charge is -2.36. The molecular weight excluding hydrogens is 408 g/mol. The number of aliphatic hydroxyl groups is 1. The smallest absolute Gasteiger partial charge is 0.212 e. The third-order valence-electron chi connectivity index (χ3n) is 6.40. The highest BCUT2D eigenvalue weighted by atomic mass is 16.5. The van der Waals surface area contributed by atoms with Crippen LogP contribution in [0.5, 0.6) is 5.88 Å². The Labute approximate surface area is 187 Å². The van der Waals surface area contributed by atoms with E-state index in [0.717, 1.165) is 73.7 Å². The van der Waals surface area contributed by atoms with Gasteiger partial charge in [0.05, 0.1) is 26.4 Å². The molecule has 1 unspecified atom stereocenters. The summed E-state index contributed by atoms with van der Waals surface area (Å²) < 4.78 is 10.6. The zero-order valence-electron chi connectivity index (χ0n) is 18.2. The molecule has 0 radical (unpaired) electrons. The fraction of sp³-hybridized carbons (Fsp3) is 0.478. The molecule has 2 aromatic heterocycles. The van der Waals surface area contributed by atoms with Crippen LogP contribution in [0.25, 0.3) is 10.9 Å². The molecule has 0 saturated carbocycles. The average Bonchev–Trinajstić information content (AvgIpc) is 2.88. The minimum absolute atomic E-state index is 0.0802. The molecule has 2 saturated heterocycles. The molecule has 5 rings (SSSR count). The molecule has 4 heterocycles. The van der Waals surface area contributed by atoms with E-state index in [4.69, 9.17) is 9.47 Å². The molecule has 32 heavy (non-hydrogen) atoms. The number of aromatic nitrogens is 4. The summed E-state index contributed by atoms with van der Waals surface area (Å²) >= 11 is 0. The minimum atomic E-state index is -0.592. The predicted octanol–water partition coefficient (Wildman–Crippen LogP) is 2.21. The Morgan fingerprint density at radius 2 is 1.97 bits per heavy atom. The molecule has 2 atom stereocenters. The summed E-state index contributed by atoms with van der Waals surface area (Å²) in [6.45, 7) is 4.82. The molecule has 0 bridgehead atoms. The number of nitrogens with zero attached hydrogens (tertiary/aromatic N) is 6. The standard InChI is InChI=1S/C23H28N6O3/c1-31-21-7-4-16(14-24-21)22(30)17-3-2-8-29(15-17)23-19-6-5-18(13-20(19)25-27-26-23)28-9-11-32-12-10-28/h4-7,13-14,17,22,30H,2-3,8-12,15H2,1H3/t17?,22-/m1/s1. The molecule has 168 valence electrons. The topological polar surface area (TPSA) is 96.7 Å². The number of pyridine rings is 1. The van der Waals surface area contributed by atoms with Crippen LogP contribution in [0.1, 0.15) is 24.5 Å². The van der Waals surface area contributed by atoms with Gasteiger partial charge in [0.1, 0.15) is 5.52 Å². The van der Waals surface area contributed by atoms with Gasteiger partial charge in [0.15, 0.2) is 5.82 Å². The second kappa shape index (κ2) is 9.22. The maximum absolute atomic E-state index is 11.0. The number of aliphatic hydroxyl groups excluding tert-OH is 1. The van der Waals surface area contributed by atoms with Gasteiger partial charge < -0.3 is 24.4 Å². The number of anilines is 2. The van der Waals surface area contributed by atoms with Crippen molar-refractivity contribution in [1.29, 1.82) is 0 Å². The van der Waals surface area contributed by atoms with Crippen molar-refractivity contribution in [2.24, 2.45) is 5.92 Å². The van der Waals surface area contributed by atoms with E-state index in [2.05, 4.69) is 48.4 Å². The monoisotopic (exact) mass is 436 g/mol. The minimum Gasteiger partial charge on any atom is -0.481 e. The van der Waals surface area contributed by atoms with Crippen LogP contribution >= 0.6 is 0 Å². The summed E-state index contributed by atoms with van der Waals surface area (Å²) in [7, 11) is 1.58. The SMILES string of the molecule is COc1ccc([C@@H](O)C2CCCN(c3nnnc4cc(N5CCOCC5)ccc34)C2)cn1. The summed E-state index contributed by atoms with van der Waals surface area (Å²) in [5, 5.41) is 24.7. The first kappa shape index (κ1) is 20.8. The van der Waals surface area contributed by atoms with E-state index < -0.39 is 6.10 Å². The quantitative estimate of drug-likeness (QED) is 0.646. The first-order valence-corrected chi connectivity index (χ1v) is 11.1. The molecule has 1 aromatic carbocycles. The van der Waals surface area contributed by atoms with E-state index in [1.54, 1.807) is 19.4 Å². The number of benzene rings is 1. The van der Waals surface area contributed by atoms with E-state index in [9.17, 15) is 5.11 Å². The third-order valence-corrected chi connectivity index (χ3v) is 6.40. The van der Waals surface area contributed by atoms with Crippen LogP contribution in [0.3, 0.4) is 0 Å². The molecule has 1 N–H and O–H groups in total. The zero-order valence-corrected chi connectivity index (χ0v) is 18.2. The largest absolute Gasteiger partial charge is 0.481 e. The number of hydrogen-bond acceptors (Lipinski definition) is 9. The molecule has 0 aliphatic carbocycles. The van der Waals surface area contributed by atoms with Crippen LogP contribution in [0.2, 0.25) is 0 Å². The molecule has 3 aromatic rings. The van der Waals surface area contributed by atoms with Crippen LogP contribution in [0.4, 0.5) is 11.5 Å². The predicted molar refractivity (Wildman–Crippen MR) is 121 cm³/mol. The molecule has 9 nitrogen and oxygen atoms in total. The Bertz CT molecular complexity index is 1060. The summed E-state index contributed by atoms with van der Waals surface area (Å²) in [5.41, 5.74) is 2.77. The lowest BCUT2D eigenvalue weighted by Crippen LogP contribution is -2.38. The highest BCUT2D eigenvalue weighted by Gasteiger charge is 2.29. The van der Waals surface area contributed by atoms with E-state index in [-0.39, 0.29) is 5.92 Å². The number of morpholine rings is 1. The number of fused-ring (bicyclic) bond motifs is 1. The Morgan fingerprint density at radius 1 is 1.09 bits per heavy atom. The van der Waals surface area contributed by atoms with Crippen LogP contribution < -0.4 is 14.5 Å². The van der Waals surface area contributed by atoms with Crippen molar-refractivity contribution >= 4 is 22.4 Å². The lowest BCUT2D eigenvalue weighted by molar-refractivity contribution is 0.0976. The van der Waals surface area contributed by atoms with Crippen LogP contribution in [-0.2, 0) is 4.74 Å². The van der Waals surface area contributed by atoms with Crippen molar-refractivity contribution in [3.63, 3.8) is 0 Å². The second-order valence-corrected chi connectivity index (χ2v) is 8.34. The van der Waals surface area contributed by atoms with Gasteiger partial charge in [0.2, 0.25) is 5.88 Å². The maximum Gasteiger partial charge on any atom is 0.212 e. The van der Waals surface area contributed by atoms with Crippen molar-refractivity contribution in [2.45, 2.75) is 18.9 Å². The van der Waals surface area contributed by atoms with Gasteiger partial charge in [-0.3, -0.25) is 0 Å². The summed E-state index contributed by atoms with van der Waals surface area (Å²) in [4.78, 5) is 8.77. The van der Waals surface area contributed by atoms with Crippen molar-refractivity contribution in [3.05, 3.63) is 42.1 Å². The van der Waals surface area contributed by atoms with Crippen molar-refractivity contribution in [2.75, 3.05) is 56.3 Å². The first-order chi connectivity index (χ1) is 15.7. The van der Waals surface area contributed by atoms with Crippen molar-refractivity contribution in [3.8, 4) is 5.88 Å². The summed E-state index contributed by atoms with van der Waals surface area (Å²) in [5.74, 6) is 1.45. The van der Waals surface area contributed by atoms with Gasteiger partial charge in [-0.25, -0.2) is 4.98 Å². The van der Waals surface area contributed by atoms with E-state index in [1.807, 2.05) is 6.07 Å².